The van der Waals surface area contributed by atoms with Gasteiger partial charge in [-0.2, -0.15) is 4.31 Å². The van der Waals surface area contributed by atoms with Crippen molar-refractivity contribution in [3.63, 3.8) is 0 Å². The fraction of sp³-hybridized carbons (Fsp3) is 0.500. The molecule has 2 unspecified atom stereocenters. The van der Waals surface area contributed by atoms with Crippen LogP contribution in [0.5, 0.6) is 0 Å². The van der Waals surface area contributed by atoms with E-state index in [0.717, 1.165) is 0 Å². The van der Waals surface area contributed by atoms with Gasteiger partial charge in [0.25, 0.3) is 0 Å². The van der Waals surface area contributed by atoms with Crippen LogP contribution < -0.4 is 0 Å². The van der Waals surface area contributed by atoms with Crippen molar-refractivity contribution in [3.8, 4) is 0 Å². The normalized spacial score (nSPS) is 25.5. The minimum atomic E-state index is -3.77. The summed E-state index contributed by atoms with van der Waals surface area (Å²) in [5.41, 5.74) is 0. The summed E-state index contributed by atoms with van der Waals surface area (Å²) in [5.74, 6) is 0.0909. The third kappa shape index (κ3) is 2.90. The molecule has 0 bridgehead atoms. The van der Waals surface area contributed by atoms with E-state index in [1.165, 1.54) is 16.4 Å². The Bertz CT molecular complexity index is 556. The Hall–Kier alpha value is -0.330. The zero-order chi connectivity index (χ0) is 14.2. The number of benzene rings is 1. The molecular formula is C12H15Cl2NO3S. The summed E-state index contributed by atoms with van der Waals surface area (Å²) >= 11 is 11.9. The fourth-order valence-corrected chi connectivity index (χ4v) is 4.66. The molecular weight excluding hydrogens is 309 g/mol. The van der Waals surface area contributed by atoms with Gasteiger partial charge in [-0.15, -0.1) is 0 Å². The molecule has 1 aromatic carbocycles. The summed E-state index contributed by atoms with van der Waals surface area (Å²) < 4.78 is 26.3. The Labute approximate surface area is 123 Å². The van der Waals surface area contributed by atoms with Gasteiger partial charge in [-0.3, -0.25) is 0 Å². The van der Waals surface area contributed by atoms with Gasteiger partial charge in [-0.05, 0) is 24.5 Å². The second-order valence-electron chi connectivity index (χ2n) is 4.75. The molecule has 1 aliphatic rings. The van der Waals surface area contributed by atoms with E-state index in [4.69, 9.17) is 23.2 Å². The van der Waals surface area contributed by atoms with Crippen LogP contribution in [0.25, 0.3) is 0 Å². The zero-order valence-corrected chi connectivity index (χ0v) is 12.7. The van der Waals surface area contributed by atoms with E-state index in [2.05, 4.69) is 0 Å². The highest BCUT2D eigenvalue weighted by Gasteiger charge is 2.35. The molecule has 1 aromatic rings. The van der Waals surface area contributed by atoms with Gasteiger partial charge in [0.1, 0.15) is 4.90 Å². The van der Waals surface area contributed by atoms with Crippen LogP contribution in [0.15, 0.2) is 23.1 Å². The summed E-state index contributed by atoms with van der Waals surface area (Å²) in [6.07, 6.45) is -0.0487. The lowest BCUT2D eigenvalue weighted by atomic mass is 9.98. The molecule has 1 saturated heterocycles. The molecule has 0 amide bonds. The van der Waals surface area contributed by atoms with E-state index in [0.29, 0.717) is 13.0 Å². The Morgan fingerprint density at radius 1 is 1.32 bits per heavy atom. The number of aliphatic hydroxyl groups is 1. The minimum Gasteiger partial charge on any atom is -0.391 e. The number of rotatable bonds is 2. The van der Waals surface area contributed by atoms with E-state index in [-0.39, 0.29) is 27.4 Å². The average molecular weight is 324 g/mol. The second-order valence-corrected chi connectivity index (χ2v) is 7.44. The topological polar surface area (TPSA) is 57.6 Å². The van der Waals surface area contributed by atoms with Crippen molar-refractivity contribution < 1.29 is 13.5 Å². The Morgan fingerprint density at radius 2 is 1.89 bits per heavy atom. The first kappa shape index (κ1) is 15.1. The predicted octanol–water partition coefficient (Wildman–Crippen LogP) is 2.38. The second kappa shape index (κ2) is 5.58. The van der Waals surface area contributed by atoms with Crippen molar-refractivity contribution in [1.82, 2.24) is 4.31 Å². The van der Waals surface area contributed by atoms with Gasteiger partial charge in [-0.25, -0.2) is 8.42 Å². The predicted molar refractivity (Wildman–Crippen MR) is 75.0 cm³/mol. The monoisotopic (exact) mass is 323 g/mol. The number of nitrogens with zero attached hydrogens (tertiary/aromatic N) is 1. The van der Waals surface area contributed by atoms with E-state index < -0.39 is 16.1 Å². The van der Waals surface area contributed by atoms with E-state index in [9.17, 15) is 13.5 Å². The van der Waals surface area contributed by atoms with Crippen molar-refractivity contribution in [2.75, 3.05) is 13.1 Å². The number of β-amino-alcohol motifs (C(OH)–C–C–N with tert-alkyl or cyclic N) is 1. The number of sulfonamides is 1. The molecule has 0 aliphatic carbocycles. The molecule has 0 spiro atoms. The highest BCUT2D eigenvalue weighted by Crippen LogP contribution is 2.33. The molecule has 19 heavy (non-hydrogen) atoms. The molecule has 0 aromatic heterocycles. The van der Waals surface area contributed by atoms with Crippen LogP contribution in [0.2, 0.25) is 10.0 Å². The van der Waals surface area contributed by atoms with Crippen LogP contribution in [0.4, 0.5) is 0 Å². The standard InChI is InChI=1S/C12H15Cl2NO3S/c1-8-5-6-15(7-11(8)16)19(17,18)12-9(13)3-2-4-10(12)14/h2-4,8,11,16H,5-7H2,1H3. The van der Waals surface area contributed by atoms with Crippen molar-refractivity contribution in [1.29, 1.82) is 0 Å². The third-order valence-electron chi connectivity index (χ3n) is 3.40. The summed E-state index contributed by atoms with van der Waals surface area (Å²) in [5, 5.41) is 10.0. The van der Waals surface area contributed by atoms with Crippen molar-refractivity contribution in [2.24, 2.45) is 5.92 Å². The lowest BCUT2D eigenvalue weighted by molar-refractivity contribution is 0.0605. The Kier molecular flexibility index (Phi) is 4.42. The van der Waals surface area contributed by atoms with Crippen LogP contribution >= 0.6 is 23.2 Å². The van der Waals surface area contributed by atoms with E-state index in [1.807, 2.05) is 6.92 Å². The molecule has 7 heteroatoms. The van der Waals surface area contributed by atoms with Crippen LogP contribution in [-0.4, -0.2) is 37.0 Å². The van der Waals surface area contributed by atoms with E-state index >= 15 is 0 Å². The third-order valence-corrected chi connectivity index (χ3v) is 6.22. The maximum Gasteiger partial charge on any atom is 0.246 e. The van der Waals surface area contributed by atoms with Gasteiger partial charge in [0.05, 0.1) is 16.1 Å². The highest BCUT2D eigenvalue weighted by molar-refractivity contribution is 7.89. The quantitative estimate of drug-likeness (QED) is 0.909. The van der Waals surface area contributed by atoms with Gasteiger partial charge in [0.15, 0.2) is 0 Å². The first-order valence-corrected chi connectivity index (χ1v) is 8.16. The minimum absolute atomic E-state index is 0.0745. The molecule has 2 atom stereocenters. The van der Waals surface area contributed by atoms with Crippen LogP contribution in [0, 0.1) is 5.92 Å². The average Bonchev–Trinajstić information content (AvgIpc) is 2.32. The maximum absolute atomic E-state index is 12.5. The lowest BCUT2D eigenvalue weighted by Crippen LogP contribution is -2.45. The molecule has 1 N–H and O–H groups in total. The molecule has 1 aliphatic heterocycles. The van der Waals surface area contributed by atoms with Gasteiger partial charge in [-0.1, -0.05) is 36.2 Å². The number of halogens is 2. The molecule has 106 valence electrons. The van der Waals surface area contributed by atoms with Crippen molar-refractivity contribution in [3.05, 3.63) is 28.2 Å². The van der Waals surface area contributed by atoms with E-state index in [1.54, 1.807) is 6.07 Å². The first-order chi connectivity index (χ1) is 8.84. The summed E-state index contributed by atoms with van der Waals surface area (Å²) in [6.45, 7) is 2.34. The van der Waals surface area contributed by atoms with Gasteiger partial charge >= 0.3 is 0 Å². The summed E-state index contributed by atoms with van der Waals surface area (Å²) in [4.78, 5) is -0.0833. The molecule has 4 nitrogen and oxygen atoms in total. The van der Waals surface area contributed by atoms with Crippen LogP contribution in [0.1, 0.15) is 13.3 Å². The number of hydrogen-bond acceptors (Lipinski definition) is 3. The molecule has 0 radical (unpaired) electrons. The van der Waals surface area contributed by atoms with Crippen molar-refractivity contribution in [2.45, 2.75) is 24.3 Å². The van der Waals surface area contributed by atoms with Gasteiger partial charge in [0, 0.05) is 13.1 Å². The number of aliphatic hydroxyl groups excluding tert-OH is 1. The molecule has 2 rings (SSSR count). The van der Waals surface area contributed by atoms with Crippen molar-refractivity contribution >= 4 is 33.2 Å². The SMILES string of the molecule is CC1CCN(S(=O)(=O)c2c(Cl)cccc2Cl)CC1O. The lowest BCUT2D eigenvalue weighted by Gasteiger charge is -2.33. The molecule has 0 saturated carbocycles. The maximum atomic E-state index is 12.5. The summed E-state index contributed by atoms with van der Waals surface area (Å²) in [7, 11) is -3.77. The fourth-order valence-electron chi connectivity index (χ4n) is 2.10. The van der Waals surface area contributed by atoms with Crippen LogP contribution in [-0.2, 0) is 10.0 Å². The Morgan fingerprint density at radius 3 is 2.42 bits per heavy atom. The van der Waals surface area contributed by atoms with Gasteiger partial charge < -0.3 is 5.11 Å². The number of piperidine rings is 1. The number of hydrogen-bond donors (Lipinski definition) is 1. The Balaban J connectivity index is 2.38. The summed E-state index contributed by atoms with van der Waals surface area (Å²) in [6, 6.07) is 4.57. The zero-order valence-electron chi connectivity index (χ0n) is 10.4. The highest BCUT2D eigenvalue weighted by atomic mass is 35.5. The first-order valence-electron chi connectivity index (χ1n) is 5.96. The van der Waals surface area contributed by atoms with Crippen LogP contribution in [0.3, 0.4) is 0 Å². The van der Waals surface area contributed by atoms with Gasteiger partial charge in [0.2, 0.25) is 10.0 Å². The largest absolute Gasteiger partial charge is 0.391 e. The molecule has 1 heterocycles. The molecule has 1 fully saturated rings. The smallest absolute Gasteiger partial charge is 0.246 e.